The molecule has 0 fully saturated rings. The molecule has 0 saturated carbocycles. The molecule has 28 heavy (non-hydrogen) atoms. The lowest BCUT2D eigenvalue weighted by atomic mass is 10.3. The molecule has 3 rings (SSSR count). The molecule has 2 aromatic carbocycles. The number of hydrogen-bond acceptors (Lipinski definition) is 5. The van der Waals surface area contributed by atoms with Gasteiger partial charge >= 0.3 is 5.69 Å². The van der Waals surface area contributed by atoms with Gasteiger partial charge in [-0.25, -0.2) is 5.43 Å². The molecule has 1 amide bonds. The predicted molar refractivity (Wildman–Crippen MR) is 105 cm³/mol. The van der Waals surface area contributed by atoms with Crippen molar-refractivity contribution in [2.75, 3.05) is 6.61 Å². The van der Waals surface area contributed by atoms with Crippen LogP contribution in [0.1, 0.15) is 5.69 Å². The number of carbonyl (C=O) groups is 1. The number of nitrogens with one attached hydrogen (secondary N) is 1. The van der Waals surface area contributed by atoms with Crippen molar-refractivity contribution < 1.29 is 14.5 Å². The van der Waals surface area contributed by atoms with Gasteiger partial charge in [0.2, 0.25) is 0 Å². The van der Waals surface area contributed by atoms with E-state index in [0.717, 1.165) is 11.4 Å². The van der Waals surface area contributed by atoms with E-state index in [-0.39, 0.29) is 11.4 Å². The highest BCUT2D eigenvalue weighted by Gasteiger charge is 2.14. The van der Waals surface area contributed by atoms with Crippen molar-refractivity contribution in [3.8, 4) is 11.4 Å². The number of nitro benzene ring substituents is 1. The second kappa shape index (κ2) is 8.83. The van der Waals surface area contributed by atoms with Crippen molar-refractivity contribution in [1.82, 2.24) is 9.99 Å². The molecular formula is C19H15ClN4O4. The van der Waals surface area contributed by atoms with E-state index >= 15 is 0 Å². The van der Waals surface area contributed by atoms with Gasteiger partial charge in [-0.2, -0.15) is 5.10 Å². The van der Waals surface area contributed by atoms with Gasteiger partial charge < -0.3 is 9.30 Å². The van der Waals surface area contributed by atoms with Crippen LogP contribution >= 0.6 is 11.6 Å². The molecule has 0 unspecified atom stereocenters. The molecule has 0 aliphatic carbocycles. The van der Waals surface area contributed by atoms with Crippen LogP contribution in [0.15, 0.2) is 72.0 Å². The molecule has 1 N–H and O–H groups in total. The molecule has 0 bridgehead atoms. The van der Waals surface area contributed by atoms with Crippen molar-refractivity contribution in [3.05, 3.63) is 87.7 Å². The van der Waals surface area contributed by atoms with Crippen LogP contribution in [-0.4, -0.2) is 28.2 Å². The lowest BCUT2D eigenvalue weighted by Gasteiger charge is -2.07. The number of nitrogens with zero attached hydrogens (tertiary/aromatic N) is 3. The minimum absolute atomic E-state index is 0.0169. The van der Waals surface area contributed by atoms with E-state index in [1.165, 1.54) is 24.4 Å². The first-order valence-electron chi connectivity index (χ1n) is 8.16. The van der Waals surface area contributed by atoms with Crippen LogP contribution in [0.2, 0.25) is 5.02 Å². The first-order valence-corrected chi connectivity index (χ1v) is 8.54. The molecule has 142 valence electrons. The van der Waals surface area contributed by atoms with Crippen LogP contribution in [0.5, 0.6) is 5.75 Å². The number of rotatable bonds is 7. The summed E-state index contributed by atoms with van der Waals surface area (Å²) in [7, 11) is 0. The van der Waals surface area contributed by atoms with E-state index < -0.39 is 17.4 Å². The molecule has 3 aromatic rings. The lowest BCUT2D eigenvalue weighted by Crippen LogP contribution is -2.24. The van der Waals surface area contributed by atoms with Crippen molar-refractivity contribution in [1.29, 1.82) is 0 Å². The number of hydrogen-bond donors (Lipinski definition) is 1. The van der Waals surface area contributed by atoms with Crippen molar-refractivity contribution in [3.63, 3.8) is 0 Å². The zero-order valence-corrected chi connectivity index (χ0v) is 15.2. The molecule has 1 heterocycles. The van der Waals surface area contributed by atoms with Crippen molar-refractivity contribution in [2.24, 2.45) is 5.10 Å². The fraction of sp³-hybridized carbons (Fsp3) is 0.0526. The van der Waals surface area contributed by atoms with E-state index in [0.29, 0.717) is 5.02 Å². The van der Waals surface area contributed by atoms with Crippen LogP contribution in [0, 0.1) is 10.1 Å². The highest BCUT2D eigenvalue weighted by Crippen LogP contribution is 2.25. The molecule has 0 aliphatic heterocycles. The Morgan fingerprint density at radius 2 is 1.93 bits per heavy atom. The van der Waals surface area contributed by atoms with Gasteiger partial charge in [-0.3, -0.25) is 14.9 Å². The topological polar surface area (TPSA) is 98.8 Å². The number of hydrazone groups is 1. The largest absolute Gasteiger partial charge is 0.477 e. The summed E-state index contributed by atoms with van der Waals surface area (Å²) in [6.07, 6.45) is 3.33. The SMILES string of the molecule is O=C(COc1ccccc1[N+](=O)[O-])N/N=C/c1cccn1-c1ccc(Cl)cc1. The van der Waals surface area contributed by atoms with Gasteiger partial charge in [-0.1, -0.05) is 23.7 Å². The number of aromatic nitrogens is 1. The Balaban J connectivity index is 1.59. The van der Waals surface area contributed by atoms with E-state index in [1.807, 2.05) is 35.0 Å². The second-order valence-corrected chi connectivity index (χ2v) is 6.02. The summed E-state index contributed by atoms with van der Waals surface area (Å²) in [6.45, 7) is -0.402. The third-order valence-corrected chi connectivity index (χ3v) is 3.94. The molecule has 0 atom stereocenters. The van der Waals surface area contributed by atoms with Crippen molar-refractivity contribution in [2.45, 2.75) is 0 Å². The minimum atomic E-state index is -0.573. The quantitative estimate of drug-likeness (QED) is 0.373. The number of ether oxygens (including phenoxy) is 1. The summed E-state index contributed by atoms with van der Waals surface area (Å²) in [5, 5.41) is 15.5. The zero-order valence-electron chi connectivity index (χ0n) is 14.5. The van der Waals surface area contributed by atoms with Crippen LogP contribution in [-0.2, 0) is 4.79 Å². The number of carbonyl (C=O) groups excluding carboxylic acids is 1. The van der Waals surface area contributed by atoms with E-state index in [4.69, 9.17) is 16.3 Å². The normalized spacial score (nSPS) is 10.8. The Bertz CT molecular complexity index is 1010. The van der Waals surface area contributed by atoms with Gasteiger partial charge in [0.1, 0.15) is 0 Å². The van der Waals surface area contributed by atoms with Gasteiger partial charge in [0, 0.05) is 23.0 Å². The maximum Gasteiger partial charge on any atom is 0.310 e. The molecule has 9 heteroatoms. The number of amides is 1. The van der Waals surface area contributed by atoms with E-state index in [1.54, 1.807) is 18.2 Å². The van der Waals surface area contributed by atoms with Crippen molar-refractivity contribution >= 4 is 29.4 Å². The molecule has 0 radical (unpaired) electrons. The van der Waals surface area contributed by atoms with Gasteiger partial charge in [0.05, 0.1) is 16.8 Å². The summed E-state index contributed by atoms with van der Waals surface area (Å²) in [6, 6.07) is 16.8. The smallest absolute Gasteiger partial charge is 0.310 e. The standard InChI is InChI=1S/C19H15ClN4O4/c20-14-7-9-15(10-8-14)23-11-3-4-16(23)12-21-22-19(25)13-28-18-6-2-1-5-17(18)24(26)27/h1-12H,13H2,(H,22,25)/b21-12+. The molecule has 0 aliphatic rings. The molecule has 0 saturated heterocycles. The minimum Gasteiger partial charge on any atom is -0.477 e. The summed E-state index contributed by atoms with van der Waals surface area (Å²) in [5.41, 5.74) is 3.75. The number of benzene rings is 2. The molecule has 0 spiro atoms. The first kappa shape index (κ1) is 19.1. The highest BCUT2D eigenvalue weighted by molar-refractivity contribution is 6.30. The maximum absolute atomic E-state index is 11.9. The van der Waals surface area contributed by atoms with Crippen LogP contribution in [0.4, 0.5) is 5.69 Å². The predicted octanol–water partition coefficient (Wildman–Crippen LogP) is 3.57. The van der Waals surface area contributed by atoms with Gasteiger partial charge in [-0.15, -0.1) is 0 Å². The summed E-state index contributed by atoms with van der Waals surface area (Å²) >= 11 is 5.90. The average Bonchev–Trinajstić information content (AvgIpc) is 3.15. The van der Waals surface area contributed by atoms with E-state index in [2.05, 4.69) is 10.5 Å². The fourth-order valence-corrected chi connectivity index (χ4v) is 2.54. The van der Waals surface area contributed by atoms with Gasteiger partial charge in [-0.05, 0) is 42.5 Å². The Morgan fingerprint density at radius 1 is 1.18 bits per heavy atom. The van der Waals surface area contributed by atoms with Crippen LogP contribution in [0.3, 0.4) is 0 Å². The van der Waals surface area contributed by atoms with Crippen LogP contribution in [0.25, 0.3) is 5.69 Å². The molecule has 1 aromatic heterocycles. The maximum atomic E-state index is 11.9. The zero-order chi connectivity index (χ0) is 19.9. The monoisotopic (exact) mass is 398 g/mol. The molecule has 8 nitrogen and oxygen atoms in total. The third kappa shape index (κ3) is 4.74. The van der Waals surface area contributed by atoms with Gasteiger partial charge in [0.15, 0.2) is 12.4 Å². The Labute approximate surface area is 165 Å². The summed E-state index contributed by atoms with van der Waals surface area (Å²) in [5.74, 6) is -0.526. The first-order chi connectivity index (χ1) is 13.5. The number of nitro groups is 1. The van der Waals surface area contributed by atoms with Crippen LogP contribution < -0.4 is 10.2 Å². The lowest BCUT2D eigenvalue weighted by molar-refractivity contribution is -0.385. The van der Waals surface area contributed by atoms with Gasteiger partial charge in [0.25, 0.3) is 5.91 Å². The highest BCUT2D eigenvalue weighted by atomic mass is 35.5. The third-order valence-electron chi connectivity index (χ3n) is 3.69. The molecular weight excluding hydrogens is 384 g/mol. The number of para-hydroxylation sites is 2. The Hall–Kier alpha value is -3.65. The Kier molecular flexibility index (Phi) is 6.03. The average molecular weight is 399 g/mol. The summed E-state index contributed by atoms with van der Waals surface area (Å²) in [4.78, 5) is 22.2. The summed E-state index contributed by atoms with van der Waals surface area (Å²) < 4.78 is 7.08. The second-order valence-electron chi connectivity index (χ2n) is 5.59. The fourth-order valence-electron chi connectivity index (χ4n) is 2.41. The Morgan fingerprint density at radius 3 is 2.68 bits per heavy atom. The number of halogens is 1. The van der Waals surface area contributed by atoms with E-state index in [9.17, 15) is 14.9 Å².